The zero-order valence-corrected chi connectivity index (χ0v) is 15.3. The van der Waals surface area contributed by atoms with Gasteiger partial charge in [0.05, 0.1) is 25.0 Å². The van der Waals surface area contributed by atoms with Crippen molar-refractivity contribution >= 4 is 11.7 Å². The molecule has 0 spiro atoms. The molecule has 7 heteroatoms. The van der Waals surface area contributed by atoms with E-state index in [4.69, 9.17) is 13.9 Å². The van der Waals surface area contributed by atoms with E-state index >= 15 is 0 Å². The quantitative estimate of drug-likeness (QED) is 0.870. The lowest BCUT2D eigenvalue weighted by atomic mass is 10.1. The van der Waals surface area contributed by atoms with Gasteiger partial charge in [0.15, 0.2) is 0 Å². The number of rotatable bonds is 5. The number of nitrogens with one attached hydrogen (secondary N) is 1. The molecule has 1 N–H and O–H groups in total. The molecule has 2 aliphatic rings. The molecule has 7 nitrogen and oxygen atoms in total. The molecule has 0 bridgehead atoms. The number of hydrogen-bond donors (Lipinski definition) is 1. The van der Waals surface area contributed by atoms with Crippen molar-refractivity contribution in [2.45, 2.75) is 37.9 Å². The number of likely N-dealkylation sites (tertiary alicyclic amines) is 1. The van der Waals surface area contributed by atoms with E-state index in [0.29, 0.717) is 25.6 Å². The Hall–Kier alpha value is -2.38. The summed E-state index contributed by atoms with van der Waals surface area (Å²) in [5.41, 5.74) is 1.56. The number of carbonyl (C=O) groups excluding carboxylic acids is 1. The fourth-order valence-electron chi connectivity index (χ4n) is 3.54. The van der Waals surface area contributed by atoms with E-state index < -0.39 is 0 Å². The first-order valence-corrected chi connectivity index (χ1v) is 9.57. The Balaban J connectivity index is 1.25. The van der Waals surface area contributed by atoms with Gasteiger partial charge in [0.1, 0.15) is 6.26 Å². The molecule has 144 valence electrons. The Morgan fingerprint density at radius 1 is 1.30 bits per heavy atom. The van der Waals surface area contributed by atoms with Gasteiger partial charge in [0, 0.05) is 30.9 Å². The number of aromatic nitrogens is 1. The molecule has 27 heavy (non-hydrogen) atoms. The van der Waals surface area contributed by atoms with Crippen molar-refractivity contribution in [2.24, 2.45) is 0 Å². The third kappa shape index (κ3) is 4.67. The largest absolute Gasteiger partial charge is 0.445 e. The lowest BCUT2D eigenvalue weighted by Gasteiger charge is -2.32. The van der Waals surface area contributed by atoms with Crippen LogP contribution in [0, 0.1) is 0 Å². The van der Waals surface area contributed by atoms with Crippen molar-refractivity contribution < 1.29 is 18.7 Å². The molecule has 0 aliphatic carbocycles. The van der Waals surface area contributed by atoms with Crippen LogP contribution in [-0.2, 0) is 9.47 Å². The number of urea groups is 1. The van der Waals surface area contributed by atoms with E-state index in [1.54, 1.807) is 6.20 Å². The maximum atomic E-state index is 12.6. The molecule has 3 heterocycles. The first-order valence-electron chi connectivity index (χ1n) is 9.57. The molecule has 1 atom stereocenters. The van der Waals surface area contributed by atoms with Gasteiger partial charge in [-0.25, -0.2) is 9.78 Å². The van der Waals surface area contributed by atoms with Gasteiger partial charge >= 0.3 is 6.03 Å². The molecule has 1 unspecified atom stereocenters. The van der Waals surface area contributed by atoms with Crippen LogP contribution in [-0.4, -0.2) is 54.4 Å². The molecule has 2 amide bonds. The van der Waals surface area contributed by atoms with Gasteiger partial charge in [0.2, 0.25) is 5.89 Å². The Bertz CT molecular complexity index is 735. The zero-order valence-electron chi connectivity index (χ0n) is 15.3. The summed E-state index contributed by atoms with van der Waals surface area (Å²) in [5.74, 6) is 0.537. The van der Waals surface area contributed by atoms with E-state index in [0.717, 1.165) is 43.5 Å². The summed E-state index contributed by atoms with van der Waals surface area (Å²) < 4.78 is 16.9. The van der Waals surface area contributed by atoms with Crippen LogP contribution >= 0.6 is 0 Å². The van der Waals surface area contributed by atoms with E-state index in [-0.39, 0.29) is 18.2 Å². The summed E-state index contributed by atoms with van der Waals surface area (Å²) in [5, 5.41) is 2.96. The van der Waals surface area contributed by atoms with Crippen molar-refractivity contribution in [3.05, 3.63) is 36.7 Å². The van der Waals surface area contributed by atoms with Crippen molar-refractivity contribution in [1.29, 1.82) is 0 Å². The number of piperidine rings is 1. The summed E-state index contributed by atoms with van der Waals surface area (Å²) in [7, 11) is 0. The minimum atomic E-state index is -0.0860. The smallest absolute Gasteiger partial charge is 0.321 e. The van der Waals surface area contributed by atoms with Gasteiger partial charge in [-0.3, -0.25) is 0 Å². The SMILES string of the molecule is O=C(Nc1cccc(-c2ncco2)c1)N1CCC(OCC2CCCO2)CC1. The van der Waals surface area contributed by atoms with Gasteiger partial charge in [-0.05, 0) is 43.9 Å². The fourth-order valence-corrected chi connectivity index (χ4v) is 3.54. The number of carbonyl (C=O) groups is 1. The van der Waals surface area contributed by atoms with Crippen LogP contribution < -0.4 is 5.32 Å². The average Bonchev–Trinajstić information content (AvgIpc) is 3.41. The molecule has 2 aromatic rings. The summed E-state index contributed by atoms with van der Waals surface area (Å²) in [6.07, 6.45) is 7.54. The monoisotopic (exact) mass is 371 g/mol. The number of oxazole rings is 1. The van der Waals surface area contributed by atoms with Crippen LogP contribution in [0.25, 0.3) is 11.5 Å². The van der Waals surface area contributed by atoms with Crippen LogP contribution in [0.4, 0.5) is 10.5 Å². The molecule has 2 aliphatic heterocycles. The van der Waals surface area contributed by atoms with E-state index in [1.807, 2.05) is 29.2 Å². The minimum Gasteiger partial charge on any atom is -0.445 e. The highest BCUT2D eigenvalue weighted by Crippen LogP contribution is 2.22. The predicted octanol–water partition coefficient (Wildman–Crippen LogP) is 3.53. The number of amides is 2. The Morgan fingerprint density at radius 2 is 2.19 bits per heavy atom. The maximum Gasteiger partial charge on any atom is 0.321 e. The average molecular weight is 371 g/mol. The fraction of sp³-hybridized carbons (Fsp3) is 0.500. The van der Waals surface area contributed by atoms with Gasteiger partial charge in [-0.1, -0.05) is 6.07 Å². The van der Waals surface area contributed by atoms with Crippen LogP contribution in [0.3, 0.4) is 0 Å². The molecule has 2 fully saturated rings. The van der Waals surface area contributed by atoms with Crippen LogP contribution in [0.5, 0.6) is 0 Å². The van der Waals surface area contributed by atoms with Gasteiger partial charge in [0.25, 0.3) is 0 Å². The normalized spacial score (nSPS) is 20.7. The number of nitrogens with zero attached hydrogens (tertiary/aromatic N) is 2. The first-order chi connectivity index (χ1) is 13.3. The molecule has 0 radical (unpaired) electrons. The maximum absolute atomic E-state index is 12.6. The summed E-state index contributed by atoms with van der Waals surface area (Å²) in [6.45, 7) is 2.91. The lowest BCUT2D eigenvalue weighted by molar-refractivity contribution is -0.0377. The summed E-state index contributed by atoms with van der Waals surface area (Å²) in [4.78, 5) is 18.5. The first kappa shape index (κ1) is 18.0. The van der Waals surface area contributed by atoms with E-state index in [1.165, 1.54) is 6.26 Å². The topological polar surface area (TPSA) is 76.8 Å². The summed E-state index contributed by atoms with van der Waals surface area (Å²) in [6, 6.07) is 7.42. The van der Waals surface area contributed by atoms with E-state index in [2.05, 4.69) is 10.3 Å². The van der Waals surface area contributed by atoms with Crippen LogP contribution in [0.2, 0.25) is 0 Å². The third-order valence-corrected chi connectivity index (χ3v) is 5.06. The standard InChI is InChI=1S/C20H25N3O4/c24-20(22-16-4-1-3-15(13-16)19-21-8-12-26-19)23-9-6-17(7-10-23)27-14-18-5-2-11-25-18/h1,3-4,8,12-13,17-18H,2,5-7,9-11,14H2,(H,22,24). The van der Waals surface area contributed by atoms with Crippen LogP contribution in [0.1, 0.15) is 25.7 Å². The Kier molecular flexibility index (Phi) is 5.69. The number of benzene rings is 1. The molecule has 0 saturated carbocycles. The highest BCUT2D eigenvalue weighted by Gasteiger charge is 2.25. The van der Waals surface area contributed by atoms with Crippen molar-refractivity contribution in [3.63, 3.8) is 0 Å². The molecular formula is C20H25N3O4. The van der Waals surface area contributed by atoms with Gasteiger partial charge in [-0.15, -0.1) is 0 Å². The van der Waals surface area contributed by atoms with Crippen LogP contribution in [0.15, 0.2) is 41.1 Å². The van der Waals surface area contributed by atoms with Crippen molar-refractivity contribution in [1.82, 2.24) is 9.88 Å². The zero-order chi connectivity index (χ0) is 18.5. The minimum absolute atomic E-state index is 0.0860. The second-order valence-electron chi connectivity index (χ2n) is 7.00. The number of ether oxygens (including phenoxy) is 2. The van der Waals surface area contributed by atoms with Gasteiger partial charge in [-0.2, -0.15) is 0 Å². The van der Waals surface area contributed by atoms with Gasteiger partial charge < -0.3 is 24.1 Å². The Labute approximate surface area is 158 Å². The molecular weight excluding hydrogens is 346 g/mol. The second kappa shape index (κ2) is 8.54. The molecule has 2 saturated heterocycles. The van der Waals surface area contributed by atoms with Crippen molar-refractivity contribution in [2.75, 3.05) is 31.6 Å². The lowest BCUT2D eigenvalue weighted by Crippen LogP contribution is -2.43. The summed E-state index contributed by atoms with van der Waals surface area (Å²) >= 11 is 0. The molecule has 1 aromatic heterocycles. The predicted molar refractivity (Wildman–Crippen MR) is 100 cm³/mol. The molecule has 4 rings (SSSR count). The Morgan fingerprint density at radius 3 is 2.93 bits per heavy atom. The third-order valence-electron chi connectivity index (χ3n) is 5.06. The van der Waals surface area contributed by atoms with Crippen molar-refractivity contribution in [3.8, 4) is 11.5 Å². The molecule has 1 aromatic carbocycles. The van der Waals surface area contributed by atoms with E-state index in [9.17, 15) is 4.79 Å². The highest BCUT2D eigenvalue weighted by molar-refractivity contribution is 5.90. The highest BCUT2D eigenvalue weighted by atomic mass is 16.5. The number of hydrogen-bond acceptors (Lipinski definition) is 5. The second-order valence-corrected chi connectivity index (χ2v) is 7.00. The number of anilines is 1.